The lowest BCUT2D eigenvalue weighted by atomic mass is 10.2. The van der Waals surface area contributed by atoms with Crippen LogP contribution >= 0.6 is 23.6 Å². The molecule has 3 aromatic rings. The molecule has 0 saturated carbocycles. The molecule has 1 aliphatic rings. The van der Waals surface area contributed by atoms with E-state index in [2.05, 4.69) is 18.3 Å². The van der Waals surface area contributed by atoms with Crippen molar-refractivity contribution in [3.63, 3.8) is 0 Å². The molecule has 4 rings (SSSR count). The SMILES string of the molecule is C[C@H](c1nc2ccccc2s1)N(C)C(=S)NCc1ccc2c(c1)OCO2. The Labute approximate surface area is 161 Å². The van der Waals surface area contributed by atoms with E-state index in [1.165, 1.54) is 4.70 Å². The minimum atomic E-state index is 0.101. The molecule has 0 bridgehead atoms. The van der Waals surface area contributed by atoms with Crippen molar-refractivity contribution in [1.29, 1.82) is 0 Å². The number of ether oxygens (including phenoxy) is 2. The summed E-state index contributed by atoms with van der Waals surface area (Å²) in [6.45, 7) is 3.03. The minimum absolute atomic E-state index is 0.101. The summed E-state index contributed by atoms with van der Waals surface area (Å²) >= 11 is 7.28. The average Bonchev–Trinajstić information content (AvgIpc) is 3.30. The summed E-state index contributed by atoms with van der Waals surface area (Å²) < 4.78 is 12.0. The van der Waals surface area contributed by atoms with Gasteiger partial charge in [-0.1, -0.05) is 18.2 Å². The number of nitrogens with zero attached hydrogens (tertiary/aromatic N) is 2. The second kappa shape index (κ2) is 7.09. The summed E-state index contributed by atoms with van der Waals surface area (Å²) in [5.41, 5.74) is 2.13. The predicted molar refractivity (Wildman–Crippen MR) is 108 cm³/mol. The van der Waals surface area contributed by atoms with Gasteiger partial charge < -0.3 is 19.7 Å². The molecular weight excluding hydrogens is 366 g/mol. The van der Waals surface area contributed by atoms with Gasteiger partial charge in [-0.2, -0.15) is 0 Å². The molecule has 1 aromatic heterocycles. The van der Waals surface area contributed by atoms with Crippen LogP contribution in [0.3, 0.4) is 0 Å². The Bertz CT molecular complexity index is 924. The Balaban J connectivity index is 1.40. The highest BCUT2D eigenvalue weighted by atomic mass is 32.1. The van der Waals surface area contributed by atoms with Gasteiger partial charge in [0.1, 0.15) is 5.01 Å². The molecule has 0 unspecified atom stereocenters. The lowest BCUT2D eigenvalue weighted by Gasteiger charge is -2.26. The first-order valence-corrected chi connectivity index (χ1v) is 9.59. The molecule has 2 heterocycles. The van der Waals surface area contributed by atoms with Crippen LogP contribution in [-0.2, 0) is 6.54 Å². The van der Waals surface area contributed by atoms with Gasteiger partial charge in [0.15, 0.2) is 16.6 Å². The number of benzene rings is 2. The molecule has 0 amide bonds. The van der Waals surface area contributed by atoms with E-state index >= 15 is 0 Å². The number of thiazole rings is 1. The van der Waals surface area contributed by atoms with Crippen LogP contribution in [0.15, 0.2) is 42.5 Å². The molecule has 0 radical (unpaired) electrons. The van der Waals surface area contributed by atoms with E-state index < -0.39 is 0 Å². The normalized spacial score (nSPS) is 13.6. The summed E-state index contributed by atoms with van der Waals surface area (Å²) in [6, 6.07) is 14.2. The maximum Gasteiger partial charge on any atom is 0.231 e. The number of rotatable bonds is 4. The molecule has 0 saturated heterocycles. The fraction of sp³-hybridized carbons (Fsp3) is 0.263. The third-order valence-corrected chi connectivity index (χ3v) is 6.09. The molecule has 1 N–H and O–H groups in total. The fourth-order valence-corrected chi connectivity index (χ4v) is 4.06. The number of aromatic nitrogens is 1. The standard InChI is InChI=1S/C19H19N3O2S2/c1-12(18-21-14-5-3-4-6-17(14)26-18)22(2)19(25)20-10-13-7-8-15-16(9-13)24-11-23-15/h3-9,12H,10-11H2,1-2H3,(H,20,25)/t12-/m1/s1. The van der Waals surface area contributed by atoms with E-state index in [1.54, 1.807) is 11.3 Å². The Kier molecular flexibility index (Phi) is 4.65. The van der Waals surface area contributed by atoms with Crippen molar-refractivity contribution in [3.8, 4) is 11.5 Å². The van der Waals surface area contributed by atoms with Crippen molar-refractivity contribution >= 4 is 38.9 Å². The Morgan fingerprint density at radius 3 is 2.92 bits per heavy atom. The second-order valence-corrected chi connectivity index (χ2v) is 7.60. The highest BCUT2D eigenvalue weighted by molar-refractivity contribution is 7.80. The lowest BCUT2D eigenvalue weighted by molar-refractivity contribution is 0.174. The fourth-order valence-electron chi connectivity index (χ4n) is 2.76. The molecule has 1 atom stereocenters. The first-order valence-electron chi connectivity index (χ1n) is 8.36. The molecule has 0 spiro atoms. The Morgan fingerprint density at radius 1 is 1.27 bits per heavy atom. The quantitative estimate of drug-likeness (QED) is 0.683. The highest BCUT2D eigenvalue weighted by Gasteiger charge is 2.19. The van der Waals surface area contributed by atoms with Crippen LogP contribution < -0.4 is 14.8 Å². The van der Waals surface area contributed by atoms with Crippen LogP contribution in [0.4, 0.5) is 0 Å². The van der Waals surface area contributed by atoms with E-state index in [4.69, 9.17) is 26.7 Å². The van der Waals surface area contributed by atoms with E-state index in [0.29, 0.717) is 11.7 Å². The van der Waals surface area contributed by atoms with Gasteiger partial charge in [0.05, 0.1) is 16.3 Å². The van der Waals surface area contributed by atoms with Gasteiger partial charge in [-0.15, -0.1) is 11.3 Å². The second-order valence-electron chi connectivity index (χ2n) is 6.15. The number of para-hydroxylation sites is 1. The van der Waals surface area contributed by atoms with Crippen LogP contribution in [0.25, 0.3) is 10.2 Å². The van der Waals surface area contributed by atoms with E-state index in [0.717, 1.165) is 27.6 Å². The van der Waals surface area contributed by atoms with Gasteiger partial charge in [0.25, 0.3) is 0 Å². The van der Waals surface area contributed by atoms with Gasteiger partial charge >= 0.3 is 0 Å². The minimum Gasteiger partial charge on any atom is -0.454 e. The topological polar surface area (TPSA) is 46.6 Å². The number of hydrogen-bond donors (Lipinski definition) is 1. The van der Waals surface area contributed by atoms with Crippen LogP contribution in [0, 0.1) is 0 Å². The van der Waals surface area contributed by atoms with E-state index in [9.17, 15) is 0 Å². The zero-order chi connectivity index (χ0) is 18.1. The first kappa shape index (κ1) is 17.1. The molecular formula is C19H19N3O2S2. The molecule has 0 aliphatic carbocycles. The number of fused-ring (bicyclic) bond motifs is 2. The van der Waals surface area contributed by atoms with Crippen molar-refractivity contribution in [1.82, 2.24) is 15.2 Å². The lowest BCUT2D eigenvalue weighted by Crippen LogP contribution is -2.38. The monoisotopic (exact) mass is 385 g/mol. The number of hydrogen-bond acceptors (Lipinski definition) is 5. The maximum absolute atomic E-state index is 5.57. The molecule has 1 aliphatic heterocycles. The molecule has 2 aromatic carbocycles. The van der Waals surface area contributed by atoms with Crippen molar-refractivity contribution in [2.75, 3.05) is 13.8 Å². The van der Waals surface area contributed by atoms with Crippen LogP contribution in [-0.4, -0.2) is 28.8 Å². The highest BCUT2D eigenvalue weighted by Crippen LogP contribution is 2.32. The van der Waals surface area contributed by atoms with Crippen molar-refractivity contribution in [2.45, 2.75) is 19.5 Å². The van der Waals surface area contributed by atoms with Gasteiger partial charge in [-0.25, -0.2) is 4.98 Å². The summed E-state index contributed by atoms with van der Waals surface area (Å²) in [6.07, 6.45) is 0. The average molecular weight is 386 g/mol. The van der Waals surface area contributed by atoms with Crippen molar-refractivity contribution in [2.24, 2.45) is 0 Å². The van der Waals surface area contributed by atoms with Crippen LogP contribution in [0.1, 0.15) is 23.5 Å². The maximum atomic E-state index is 5.57. The van der Waals surface area contributed by atoms with Crippen molar-refractivity contribution < 1.29 is 9.47 Å². The van der Waals surface area contributed by atoms with E-state index in [-0.39, 0.29) is 12.8 Å². The molecule has 5 nitrogen and oxygen atoms in total. The zero-order valence-corrected chi connectivity index (χ0v) is 16.2. The van der Waals surface area contributed by atoms with Gasteiger partial charge in [0.2, 0.25) is 6.79 Å². The molecule has 134 valence electrons. The summed E-state index contributed by atoms with van der Waals surface area (Å²) in [4.78, 5) is 6.77. The molecule has 0 fully saturated rings. The Morgan fingerprint density at radius 2 is 2.08 bits per heavy atom. The first-order chi connectivity index (χ1) is 12.6. The van der Waals surface area contributed by atoms with Crippen molar-refractivity contribution in [3.05, 3.63) is 53.0 Å². The van der Waals surface area contributed by atoms with Gasteiger partial charge in [0, 0.05) is 13.6 Å². The predicted octanol–water partition coefficient (Wildman–Crippen LogP) is 4.09. The Hall–Kier alpha value is -2.38. The molecule has 26 heavy (non-hydrogen) atoms. The van der Waals surface area contributed by atoms with Crippen LogP contribution in [0.2, 0.25) is 0 Å². The number of nitrogens with one attached hydrogen (secondary N) is 1. The van der Waals surface area contributed by atoms with Gasteiger partial charge in [-0.3, -0.25) is 0 Å². The summed E-state index contributed by atoms with van der Waals surface area (Å²) in [5.74, 6) is 1.57. The zero-order valence-electron chi connectivity index (χ0n) is 14.6. The third kappa shape index (κ3) is 3.32. The van der Waals surface area contributed by atoms with Gasteiger partial charge in [-0.05, 0) is 49.0 Å². The summed E-state index contributed by atoms with van der Waals surface area (Å²) in [5, 5.41) is 5.06. The van der Waals surface area contributed by atoms with Crippen LogP contribution in [0.5, 0.6) is 11.5 Å². The third-order valence-electron chi connectivity index (χ3n) is 4.45. The largest absolute Gasteiger partial charge is 0.454 e. The molecule has 7 heteroatoms. The van der Waals surface area contributed by atoms with E-state index in [1.807, 2.05) is 48.3 Å². The smallest absolute Gasteiger partial charge is 0.231 e. The summed E-state index contributed by atoms with van der Waals surface area (Å²) in [7, 11) is 1.99. The number of thiocarbonyl (C=S) groups is 1.